The van der Waals surface area contributed by atoms with E-state index < -0.39 is 12.0 Å². The van der Waals surface area contributed by atoms with Crippen molar-refractivity contribution in [2.75, 3.05) is 0 Å². The van der Waals surface area contributed by atoms with Crippen molar-refractivity contribution in [3.63, 3.8) is 0 Å². The van der Waals surface area contributed by atoms with Gasteiger partial charge in [-0.1, -0.05) is 32.0 Å². The van der Waals surface area contributed by atoms with Gasteiger partial charge in [-0.05, 0) is 28.3 Å². The van der Waals surface area contributed by atoms with Crippen molar-refractivity contribution in [1.29, 1.82) is 0 Å². The van der Waals surface area contributed by atoms with Gasteiger partial charge in [-0.3, -0.25) is 4.79 Å². The average molecular weight is 263 g/mol. The average Bonchev–Trinajstić information content (AvgIpc) is 2.72. The van der Waals surface area contributed by atoms with Crippen molar-refractivity contribution in [2.24, 2.45) is 5.92 Å². The van der Waals surface area contributed by atoms with Crippen molar-refractivity contribution in [3.05, 3.63) is 35.2 Å². The monoisotopic (exact) mass is 263 g/mol. The molecule has 0 spiro atoms. The zero-order valence-electron chi connectivity index (χ0n) is 10.5. The minimum absolute atomic E-state index is 0.0763. The van der Waals surface area contributed by atoms with Gasteiger partial charge in [-0.25, -0.2) is 0 Å². The van der Waals surface area contributed by atoms with E-state index in [4.69, 9.17) is 5.11 Å². The summed E-state index contributed by atoms with van der Waals surface area (Å²) in [5.41, 5.74) is 1.17. The molecular weight excluding hydrogens is 246 g/mol. The van der Waals surface area contributed by atoms with Crippen molar-refractivity contribution in [3.8, 4) is 0 Å². The molecule has 0 aliphatic rings. The molecule has 2 rings (SSSR count). The van der Waals surface area contributed by atoms with Crippen LogP contribution in [0, 0.1) is 5.92 Å². The van der Waals surface area contributed by atoms with Crippen molar-refractivity contribution < 1.29 is 9.90 Å². The van der Waals surface area contributed by atoms with Gasteiger partial charge in [0.2, 0.25) is 0 Å². The van der Waals surface area contributed by atoms with Gasteiger partial charge < -0.3 is 10.4 Å². The van der Waals surface area contributed by atoms with Crippen LogP contribution < -0.4 is 5.32 Å². The predicted molar refractivity (Wildman–Crippen MR) is 74.9 cm³/mol. The molecule has 1 aromatic heterocycles. The predicted octanol–water partition coefficient (Wildman–Crippen LogP) is 3.10. The molecular formula is C14H17NO2S. The molecule has 0 fully saturated rings. The Morgan fingerprint density at radius 1 is 1.39 bits per heavy atom. The molecule has 1 atom stereocenters. The third-order valence-electron chi connectivity index (χ3n) is 3.01. The van der Waals surface area contributed by atoms with Crippen LogP contribution in [0.15, 0.2) is 29.6 Å². The quantitative estimate of drug-likeness (QED) is 0.871. The molecule has 0 aliphatic carbocycles. The fourth-order valence-corrected chi connectivity index (χ4v) is 2.96. The zero-order valence-corrected chi connectivity index (χ0v) is 11.3. The summed E-state index contributed by atoms with van der Waals surface area (Å²) in [5.74, 6) is -0.711. The minimum atomic E-state index is -0.787. The van der Waals surface area contributed by atoms with Gasteiger partial charge in [0.15, 0.2) is 0 Å². The molecule has 1 aromatic carbocycles. The number of carbonyl (C=O) groups is 1. The molecule has 0 bridgehead atoms. The Balaban J connectivity index is 2.12. The van der Waals surface area contributed by atoms with Crippen LogP contribution in [0.25, 0.3) is 10.1 Å². The number of hydrogen-bond donors (Lipinski definition) is 2. The topological polar surface area (TPSA) is 49.3 Å². The first-order chi connectivity index (χ1) is 8.59. The molecule has 0 radical (unpaired) electrons. The van der Waals surface area contributed by atoms with E-state index in [1.165, 1.54) is 15.6 Å². The molecule has 0 saturated heterocycles. The van der Waals surface area contributed by atoms with Gasteiger partial charge in [-0.15, -0.1) is 11.3 Å². The molecule has 0 aliphatic heterocycles. The van der Waals surface area contributed by atoms with E-state index in [9.17, 15) is 4.79 Å². The van der Waals surface area contributed by atoms with Crippen LogP contribution >= 0.6 is 11.3 Å². The smallest absolute Gasteiger partial charge is 0.320 e. The maximum Gasteiger partial charge on any atom is 0.320 e. The molecule has 0 unspecified atom stereocenters. The van der Waals surface area contributed by atoms with Crippen LogP contribution in [-0.2, 0) is 11.3 Å². The highest BCUT2D eigenvalue weighted by Crippen LogP contribution is 2.25. The second kappa shape index (κ2) is 5.50. The molecule has 3 nitrogen and oxygen atoms in total. The molecule has 0 amide bonds. The normalized spacial score (nSPS) is 13.1. The highest BCUT2D eigenvalue weighted by Gasteiger charge is 2.20. The van der Waals surface area contributed by atoms with Gasteiger partial charge in [0.05, 0.1) is 0 Å². The molecule has 1 heterocycles. The Morgan fingerprint density at radius 2 is 2.11 bits per heavy atom. The summed E-state index contributed by atoms with van der Waals surface area (Å²) in [5, 5.41) is 15.6. The second-order valence-electron chi connectivity index (χ2n) is 4.70. The fourth-order valence-electron chi connectivity index (χ4n) is 2.00. The van der Waals surface area contributed by atoms with Crippen molar-refractivity contribution in [2.45, 2.75) is 26.4 Å². The number of carboxylic acid groups (broad SMARTS) is 1. The minimum Gasteiger partial charge on any atom is -0.480 e. The summed E-state index contributed by atoms with van der Waals surface area (Å²) in [4.78, 5) is 11.1. The van der Waals surface area contributed by atoms with Crippen LogP contribution in [-0.4, -0.2) is 17.1 Å². The van der Waals surface area contributed by atoms with Gasteiger partial charge in [0.25, 0.3) is 0 Å². The molecule has 2 N–H and O–H groups in total. The Morgan fingerprint density at radius 3 is 2.78 bits per heavy atom. The summed E-state index contributed by atoms with van der Waals surface area (Å²) in [6.07, 6.45) is 0. The van der Waals surface area contributed by atoms with E-state index in [0.29, 0.717) is 6.54 Å². The Bertz CT molecular complexity index is 547. The number of nitrogens with one attached hydrogen (secondary N) is 1. The van der Waals surface area contributed by atoms with Gasteiger partial charge in [0.1, 0.15) is 6.04 Å². The van der Waals surface area contributed by atoms with E-state index in [2.05, 4.69) is 22.8 Å². The molecule has 4 heteroatoms. The summed E-state index contributed by atoms with van der Waals surface area (Å²) >= 11 is 1.69. The number of carboxylic acids is 1. The first-order valence-corrected chi connectivity index (χ1v) is 6.89. The van der Waals surface area contributed by atoms with E-state index >= 15 is 0 Å². The maximum absolute atomic E-state index is 11.1. The Kier molecular flexibility index (Phi) is 3.99. The summed E-state index contributed by atoms with van der Waals surface area (Å²) in [6, 6.07) is 7.69. The Labute approximate surface area is 110 Å². The number of rotatable bonds is 5. The Hall–Kier alpha value is -1.39. The van der Waals surface area contributed by atoms with Crippen LogP contribution in [0.5, 0.6) is 0 Å². The maximum atomic E-state index is 11.1. The van der Waals surface area contributed by atoms with E-state index in [-0.39, 0.29) is 5.92 Å². The third kappa shape index (κ3) is 2.71. The number of thiophene rings is 1. The molecule has 2 aromatic rings. The van der Waals surface area contributed by atoms with Gasteiger partial charge in [0, 0.05) is 11.2 Å². The molecule has 0 saturated carbocycles. The largest absolute Gasteiger partial charge is 0.480 e. The van der Waals surface area contributed by atoms with Crippen LogP contribution in [0.2, 0.25) is 0 Å². The molecule has 18 heavy (non-hydrogen) atoms. The van der Waals surface area contributed by atoms with Gasteiger partial charge in [-0.2, -0.15) is 0 Å². The van der Waals surface area contributed by atoms with E-state index in [1.807, 2.05) is 26.0 Å². The SMILES string of the molecule is CC(C)[C@H](NCc1csc2ccccc12)C(=O)O. The lowest BCUT2D eigenvalue weighted by Gasteiger charge is -2.17. The van der Waals surface area contributed by atoms with Crippen LogP contribution in [0.4, 0.5) is 0 Å². The lowest BCUT2D eigenvalue weighted by molar-refractivity contribution is -0.140. The van der Waals surface area contributed by atoms with E-state index in [0.717, 1.165) is 0 Å². The zero-order chi connectivity index (χ0) is 13.1. The van der Waals surface area contributed by atoms with Gasteiger partial charge >= 0.3 is 5.97 Å². The van der Waals surface area contributed by atoms with Crippen LogP contribution in [0.1, 0.15) is 19.4 Å². The summed E-state index contributed by atoms with van der Waals surface area (Å²) in [7, 11) is 0. The lowest BCUT2D eigenvalue weighted by atomic mass is 10.0. The van der Waals surface area contributed by atoms with E-state index in [1.54, 1.807) is 11.3 Å². The highest BCUT2D eigenvalue weighted by atomic mass is 32.1. The standard InChI is InChI=1S/C14H17NO2S/c1-9(2)13(14(16)17)15-7-10-8-18-12-6-4-3-5-11(10)12/h3-6,8-9,13,15H,7H2,1-2H3,(H,16,17)/t13-/m0/s1. The summed E-state index contributed by atoms with van der Waals surface area (Å²) < 4.78 is 1.24. The lowest BCUT2D eigenvalue weighted by Crippen LogP contribution is -2.40. The number of hydrogen-bond acceptors (Lipinski definition) is 3. The first-order valence-electron chi connectivity index (χ1n) is 6.01. The van der Waals surface area contributed by atoms with Crippen molar-refractivity contribution in [1.82, 2.24) is 5.32 Å². The number of fused-ring (bicyclic) bond motifs is 1. The molecule has 96 valence electrons. The number of benzene rings is 1. The highest BCUT2D eigenvalue weighted by molar-refractivity contribution is 7.17. The third-order valence-corrected chi connectivity index (χ3v) is 4.02. The van der Waals surface area contributed by atoms with Crippen molar-refractivity contribution >= 4 is 27.4 Å². The van der Waals surface area contributed by atoms with Crippen LogP contribution in [0.3, 0.4) is 0 Å². The second-order valence-corrected chi connectivity index (χ2v) is 5.61. The summed E-state index contributed by atoms with van der Waals surface area (Å²) in [6.45, 7) is 4.42. The fraction of sp³-hybridized carbons (Fsp3) is 0.357. The number of aliphatic carboxylic acids is 1. The first kappa shape index (κ1) is 13.1.